The van der Waals surface area contributed by atoms with Crippen LogP contribution in [0.4, 0.5) is 0 Å². The van der Waals surface area contributed by atoms with Gasteiger partial charge in [0.25, 0.3) is 10.1 Å². The summed E-state index contributed by atoms with van der Waals surface area (Å²) in [4.78, 5) is 0. The van der Waals surface area contributed by atoms with Crippen LogP contribution in [0.25, 0.3) is 0 Å². The van der Waals surface area contributed by atoms with Crippen molar-refractivity contribution in [3.63, 3.8) is 0 Å². The van der Waals surface area contributed by atoms with Crippen LogP contribution in [0.1, 0.15) is 16.7 Å². The zero-order valence-corrected chi connectivity index (χ0v) is 18.1. The first-order chi connectivity index (χ1) is 13.5. The van der Waals surface area contributed by atoms with E-state index in [0.29, 0.717) is 5.02 Å². The van der Waals surface area contributed by atoms with E-state index in [1.54, 1.807) is 0 Å². The van der Waals surface area contributed by atoms with Gasteiger partial charge in [0.2, 0.25) is 0 Å². The highest BCUT2D eigenvalue weighted by molar-refractivity contribution is 7.87. The van der Waals surface area contributed by atoms with Gasteiger partial charge in [0.05, 0.1) is 10.0 Å². The third kappa shape index (κ3) is 3.65. The molecule has 0 heterocycles. The van der Waals surface area contributed by atoms with Gasteiger partial charge in [-0.3, -0.25) is 4.55 Å². The predicted molar refractivity (Wildman–Crippen MR) is 114 cm³/mol. The van der Waals surface area contributed by atoms with Crippen LogP contribution < -0.4 is 0 Å². The Morgan fingerprint density at radius 3 is 1.69 bits per heavy atom. The lowest BCUT2D eigenvalue weighted by atomic mass is 9.83. The first-order valence-electron chi connectivity index (χ1n) is 7.89. The molecular weight excluding hydrogens is 482 g/mol. The van der Waals surface area contributed by atoms with E-state index < -0.39 is 20.6 Å². The molecule has 152 valence electrons. The van der Waals surface area contributed by atoms with Gasteiger partial charge in [0.1, 0.15) is 16.5 Å². The van der Waals surface area contributed by atoms with Crippen molar-refractivity contribution in [2.45, 2.75) is 4.75 Å². The van der Waals surface area contributed by atoms with Gasteiger partial charge in [-0.2, -0.15) is 8.42 Å². The van der Waals surface area contributed by atoms with Crippen molar-refractivity contribution in [1.82, 2.24) is 0 Å². The number of phenolic OH excluding ortho intramolecular Hbond substituents is 2. The Balaban J connectivity index is 2.57. The fourth-order valence-corrected chi connectivity index (χ4v) is 5.32. The highest BCUT2D eigenvalue weighted by atomic mass is 35.5. The van der Waals surface area contributed by atoms with E-state index >= 15 is 0 Å². The van der Waals surface area contributed by atoms with Gasteiger partial charge in [-0.1, -0.05) is 70.7 Å². The lowest BCUT2D eigenvalue weighted by Crippen LogP contribution is -2.38. The SMILES string of the molecule is O=S(=O)(O)C(c1ccc(O)cc1)(c1ccc(Cl)cc1)c1cc(O)c(Cl)c(Cl)c1Cl. The van der Waals surface area contributed by atoms with Crippen LogP contribution in [0.2, 0.25) is 20.1 Å². The number of hydrogen-bond donors (Lipinski definition) is 3. The fraction of sp³-hybridized carbons (Fsp3) is 0.0526. The van der Waals surface area contributed by atoms with E-state index in [1.807, 2.05) is 0 Å². The molecule has 0 spiro atoms. The number of halogens is 4. The maximum Gasteiger partial charge on any atom is 0.283 e. The smallest absolute Gasteiger partial charge is 0.283 e. The van der Waals surface area contributed by atoms with E-state index in [-0.39, 0.29) is 37.5 Å². The summed E-state index contributed by atoms with van der Waals surface area (Å²) in [7, 11) is -5.00. The van der Waals surface area contributed by atoms with Gasteiger partial charge < -0.3 is 10.2 Å². The molecule has 3 N–H and O–H groups in total. The highest BCUT2D eigenvalue weighted by Gasteiger charge is 2.50. The monoisotopic (exact) mass is 492 g/mol. The van der Waals surface area contributed by atoms with Crippen molar-refractivity contribution in [3.05, 3.63) is 91.4 Å². The van der Waals surface area contributed by atoms with Crippen molar-refractivity contribution in [3.8, 4) is 11.5 Å². The molecule has 1 atom stereocenters. The Hall–Kier alpha value is -1.67. The molecule has 0 amide bonds. The normalized spacial score (nSPS) is 13.8. The van der Waals surface area contributed by atoms with E-state index in [1.165, 1.54) is 48.5 Å². The fourth-order valence-electron chi connectivity index (χ4n) is 3.14. The van der Waals surface area contributed by atoms with Gasteiger partial charge in [-0.15, -0.1) is 0 Å². The van der Waals surface area contributed by atoms with Crippen LogP contribution in [0.15, 0.2) is 54.6 Å². The molecule has 0 aliphatic heterocycles. The van der Waals surface area contributed by atoms with Crippen LogP contribution in [0.5, 0.6) is 11.5 Å². The number of rotatable bonds is 4. The van der Waals surface area contributed by atoms with Gasteiger partial charge in [-0.05, 0) is 41.5 Å². The maximum atomic E-state index is 12.9. The van der Waals surface area contributed by atoms with Crippen LogP contribution >= 0.6 is 46.4 Å². The average molecular weight is 494 g/mol. The van der Waals surface area contributed by atoms with Gasteiger partial charge in [0.15, 0.2) is 4.75 Å². The van der Waals surface area contributed by atoms with E-state index in [2.05, 4.69) is 0 Å². The Morgan fingerprint density at radius 2 is 1.21 bits per heavy atom. The van der Waals surface area contributed by atoms with E-state index in [0.717, 1.165) is 6.07 Å². The van der Waals surface area contributed by atoms with Crippen LogP contribution in [0, 0.1) is 0 Å². The molecule has 0 aliphatic carbocycles. The highest BCUT2D eigenvalue weighted by Crippen LogP contribution is 2.51. The summed E-state index contributed by atoms with van der Waals surface area (Å²) in [6.07, 6.45) is 0. The molecule has 0 saturated carbocycles. The molecule has 0 saturated heterocycles. The first kappa shape index (κ1) is 22.0. The van der Waals surface area contributed by atoms with Crippen LogP contribution in [-0.2, 0) is 14.9 Å². The molecule has 1 unspecified atom stereocenters. The Kier molecular flexibility index (Phi) is 5.98. The maximum absolute atomic E-state index is 12.9. The molecular formula is C19H12Cl4O5S. The Labute approximate surface area is 186 Å². The molecule has 3 aromatic rings. The second-order valence-corrected chi connectivity index (χ2v) is 9.23. The van der Waals surface area contributed by atoms with Crippen molar-refractivity contribution >= 4 is 56.5 Å². The Bertz CT molecular complexity index is 1130. The zero-order chi connectivity index (χ0) is 21.6. The van der Waals surface area contributed by atoms with Crippen molar-refractivity contribution in [1.29, 1.82) is 0 Å². The molecule has 5 nitrogen and oxygen atoms in total. The number of phenols is 2. The summed E-state index contributed by atoms with van der Waals surface area (Å²) in [5.74, 6) is -0.658. The summed E-state index contributed by atoms with van der Waals surface area (Å²) in [6.45, 7) is 0. The summed E-state index contributed by atoms with van der Waals surface area (Å²) in [5, 5.41) is 19.3. The summed E-state index contributed by atoms with van der Waals surface area (Å²) in [6, 6.07) is 11.8. The summed E-state index contributed by atoms with van der Waals surface area (Å²) >= 11 is 24.3. The minimum Gasteiger partial charge on any atom is -0.508 e. The van der Waals surface area contributed by atoms with Crippen molar-refractivity contribution in [2.24, 2.45) is 0 Å². The number of hydrogen-bond acceptors (Lipinski definition) is 4. The molecule has 3 aromatic carbocycles. The predicted octanol–water partition coefficient (Wildman–Crippen LogP) is 5.89. The Morgan fingerprint density at radius 1 is 0.724 bits per heavy atom. The molecule has 0 aromatic heterocycles. The molecule has 29 heavy (non-hydrogen) atoms. The van der Waals surface area contributed by atoms with E-state index in [9.17, 15) is 23.2 Å². The average Bonchev–Trinajstić information content (AvgIpc) is 2.66. The lowest BCUT2D eigenvalue weighted by molar-refractivity contribution is 0.455. The molecule has 10 heteroatoms. The molecule has 3 rings (SSSR count). The topological polar surface area (TPSA) is 94.8 Å². The first-order valence-corrected chi connectivity index (χ1v) is 10.8. The largest absolute Gasteiger partial charge is 0.508 e. The van der Waals surface area contributed by atoms with Gasteiger partial charge >= 0.3 is 0 Å². The molecule has 0 fully saturated rings. The molecule has 0 aliphatic rings. The van der Waals surface area contributed by atoms with Crippen LogP contribution in [0.3, 0.4) is 0 Å². The van der Waals surface area contributed by atoms with Crippen molar-refractivity contribution < 1.29 is 23.2 Å². The standard InChI is InChI=1S/C19H12Cl4O5S/c20-12-5-1-10(2-6-12)19(29(26,27)28,11-3-7-13(24)8-4-11)14-9-15(25)17(22)18(23)16(14)21/h1-9,24-25H,(H,26,27,28). The summed E-state index contributed by atoms with van der Waals surface area (Å²) in [5.41, 5.74) is -0.142. The minimum atomic E-state index is -5.00. The van der Waals surface area contributed by atoms with Gasteiger partial charge in [-0.25, -0.2) is 0 Å². The quantitative estimate of drug-likeness (QED) is 0.239. The third-order valence-corrected chi connectivity index (χ3v) is 7.48. The van der Waals surface area contributed by atoms with Crippen molar-refractivity contribution in [2.75, 3.05) is 0 Å². The van der Waals surface area contributed by atoms with Crippen LogP contribution in [-0.4, -0.2) is 23.2 Å². The third-order valence-electron chi connectivity index (χ3n) is 4.42. The lowest BCUT2D eigenvalue weighted by Gasteiger charge is -2.33. The second-order valence-electron chi connectivity index (χ2n) is 6.10. The van der Waals surface area contributed by atoms with Gasteiger partial charge in [0, 0.05) is 10.6 Å². The molecule has 0 bridgehead atoms. The second kappa shape index (κ2) is 7.87. The number of benzene rings is 3. The zero-order valence-electron chi connectivity index (χ0n) is 14.3. The minimum absolute atomic E-state index is 0.0276. The summed E-state index contributed by atoms with van der Waals surface area (Å²) < 4.78 is 34.0. The molecule has 0 radical (unpaired) electrons. The number of aromatic hydroxyl groups is 2. The van der Waals surface area contributed by atoms with E-state index in [4.69, 9.17) is 46.4 Å².